The maximum absolute atomic E-state index is 13.5. The van der Waals surface area contributed by atoms with Gasteiger partial charge in [-0.05, 0) is 49.6 Å². The highest BCUT2D eigenvalue weighted by Gasteiger charge is 2.10. The van der Waals surface area contributed by atoms with Crippen molar-refractivity contribution < 1.29 is 9.50 Å². The molecule has 21 heavy (non-hydrogen) atoms. The second-order valence-corrected chi connectivity index (χ2v) is 5.02. The molecule has 0 fully saturated rings. The zero-order valence-electron chi connectivity index (χ0n) is 11.8. The number of phenols is 1. The number of nitrogens with zero attached hydrogens (tertiary/aromatic N) is 1. The Morgan fingerprint density at radius 1 is 1.24 bits per heavy atom. The first-order valence-corrected chi connectivity index (χ1v) is 6.83. The van der Waals surface area contributed by atoms with Gasteiger partial charge in [-0.2, -0.15) is 5.26 Å². The van der Waals surface area contributed by atoms with E-state index in [1.54, 1.807) is 24.3 Å². The molecule has 2 rings (SSSR count). The third kappa shape index (κ3) is 3.96. The Hall–Kier alpha value is -2.54. The fraction of sp³-hybridized carbons (Fsp3) is 0.235. The smallest absolute Gasteiger partial charge is 0.143 e. The lowest BCUT2D eigenvalue weighted by atomic mass is 10.1. The molecule has 3 nitrogen and oxygen atoms in total. The lowest BCUT2D eigenvalue weighted by Gasteiger charge is -2.16. The molecule has 0 amide bonds. The molecule has 1 atom stereocenters. The van der Waals surface area contributed by atoms with Gasteiger partial charge in [0, 0.05) is 6.04 Å². The van der Waals surface area contributed by atoms with Gasteiger partial charge in [-0.25, -0.2) is 4.39 Å². The van der Waals surface area contributed by atoms with E-state index in [2.05, 4.69) is 5.32 Å². The minimum Gasteiger partial charge on any atom is -0.508 e. The summed E-state index contributed by atoms with van der Waals surface area (Å²) in [5, 5.41) is 21.4. The largest absolute Gasteiger partial charge is 0.508 e. The minimum absolute atomic E-state index is 0.0500. The number of hydrogen-bond donors (Lipinski definition) is 2. The number of aryl methyl sites for hydroxylation is 1. The van der Waals surface area contributed by atoms with Gasteiger partial charge in [0.2, 0.25) is 0 Å². The Kier molecular flexibility index (Phi) is 4.78. The van der Waals surface area contributed by atoms with E-state index < -0.39 is 5.82 Å². The molecule has 0 saturated carbocycles. The number of anilines is 1. The highest BCUT2D eigenvalue weighted by Crippen LogP contribution is 2.20. The number of benzene rings is 2. The molecule has 2 N–H and O–H groups in total. The molecular weight excluding hydrogens is 267 g/mol. The van der Waals surface area contributed by atoms with Crippen LogP contribution in [0.15, 0.2) is 42.5 Å². The molecule has 1 unspecified atom stereocenters. The van der Waals surface area contributed by atoms with Crippen molar-refractivity contribution in [1.29, 1.82) is 5.26 Å². The van der Waals surface area contributed by atoms with Crippen molar-refractivity contribution in [3.05, 3.63) is 59.4 Å². The fourth-order valence-corrected chi connectivity index (χ4v) is 2.14. The van der Waals surface area contributed by atoms with Crippen LogP contribution in [0.3, 0.4) is 0 Å². The van der Waals surface area contributed by atoms with Crippen LogP contribution >= 0.6 is 0 Å². The predicted octanol–water partition coefficient (Wildman–Crippen LogP) is 3.84. The number of rotatable bonds is 5. The van der Waals surface area contributed by atoms with Crippen LogP contribution in [0.25, 0.3) is 0 Å². The van der Waals surface area contributed by atoms with Crippen molar-refractivity contribution in [2.75, 3.05) is 5.32 Å². The molecule has 0 bridgehead atoms. The van der Waals surface area contributed by atoms with Gasteiger partial charge in [-0.15, -0.1) is 0 Å². The number of hydrogen-bond acceptors (Lipinski definition) is 3. The molecule has 0 aliphatic heterocycles. The summed E-state index contributed by atoms with van der Waals surface area (Å²) in [6, 6.07) is 13.6. The Morgan fingerprint density at radius 2 is 1.95 bits per heavy atom. The Morgan fingerprint density at radius 3 is 2.62 bits per heavy atom. The highest BCUT2D eigenvalue weighted by atomic mass is 19.1. The zero-order valence-corrected chi connectivity index (χ0v) is 11.8. The van der Waals surface area contributed by atoms with E-state index >= 15 is 0 Å². The summed E-state index contributed by atoms with van der Waals surface area (Å²) in [4.78, 5) is 0. The molecule has 2 aromatic carbocycles. The molecule has 2 aromatic rings. The molecular formula is C17H17FN2O. The topological polar surface area (TPSA) is 56.0 Å². The second-order valence-electron chi connectivity index (χ2n) is 5.02. The van der Waals surface area contributed by atoms with E-state index in [0.29, 0.717) is 5.69 Å². The summed E-state index contributed by atoms with van der Waals surface area (Å²) >= 11 is 0. The summed E-state index contributed by atoms with van der Waals surface area (Å²) in [7, 11) is 0. The van der Waals surface area contributed by atoms with Gasteiger partial charge in [0.1, 0.15) is 23.2 Å². The van der Waals surface area contributed by atoms with Gasteiger partial charge in [-0.3, -0.25) is 0 Å². The summed E-state index contributed by atoms with van der Waals surface area (Å²) in [6.45, 7) is 1.99. The molecule has 108 valence electrons. The first kappa shape index (κ1) is 14.9. The summed E-state index contributed by atoms with van der Waals surface area (Å²) in [5.41, 5.74) is 1.70. The van der Waals surface area contributed by atoms with Crippen LogP contribution in [0, 0.1) is 17.1 Å². The summed E-state index contributed by atoms with van der Waals surface area (Å²) in [6.07, 6.45) is 1.68. The van der Waals surface area contributed by atoms with Crippen LogP contribution in [-0.4, -0.2) is 11.1 Å². The molecule has 0 saturated heterocycles. The third-order valence-corrected chi connectivity index (χ3v) is 3.33. The number of aromatic hydroxyl groups is 1. The lowest BCUT2D eigenvalue weighted by molar-refractivity contribution is 0.475. The van der Waals surface area contributed by atoms with Gasteiger partial charge in [-0.1, -0.05) is 18.2 Å². The van der Waals surface area contributed by atoms with E-state index in [4.69, 9.17) is 5.26 Å². The SMILES string of the molecule is CC(CCc1ccc(O)cc1)Nc1cccc(F)c1C#N. The number of halogens is 1. The molecule has 0 heterocycles. The second kappa shape index (κ2) is 6.76. The van der Waals surface area contributed by atoms with Crippen molar-refractivity contribution in [3.8, 4) is 11.8 Å². The van der Waals surface area contributed by atoms with Crippen molar-refractivity contribution in [2.24, 2.45) is 0 Å². The number of nitrogens with one attached hydrogen (secondary N) is 1. The minimum atomic E-state index is -0.506. The van der Waals surface area contributed by atoms with Gasteiger partial charge >= 0.3 is 0 Å². The molecule has 0 aliphatic rings. The van der Waals surface area contributed by atoms with Gasteiger partial charge in [0.05, 0.1) is 5.69 Å². The van der Waals surface area contributed by atoms with Crippen LogP contribution in [0.4, 0.5) is 10.1 Å². The number of phenolic OH excluding ortho intramolecular Hbond substituents is 1. The van der Waals surface area contributed by atoms with Crippen molar-refractivity contribution >= 4 is 5.69 Å². The fourth-order valence-electron chi connectivity index (χ4n) is 2.14. The third-order valence-electron chi connectivity index (χ3n) is 3.33. The average molecular weight is 284 g/mol. The molecule has 0 aliphatic carbocycles. The zero-order chi connectivity index (χ0) is 15.2. The van der Waals surface area contributed by atoms with Crippen LogP contribution in [0.5, 0.6) is 5.75 Å². The van der Waals surface area contributed by atoms with Crippen LogP contribution < -0.4 is 5.32 Å². The van der Waals surface area contributed by atoms with Crippen LogP contribution in [0.2, 0.25) is 0 Å². The quantitative estimate of drug-likeness (QED) is 0.877. The van der Waals surface area contributed by atoms with E-state index in [1.807, 2.05) is 25.1 Å². The Labute approximate surface area is 123 Å². The van der Waals surface area contributed by atoms with Gasteiger partial charge in [0.15, 0.2) is 0 Å². The molecule has 0 spiro atoms. The van der Waals surface area contributed by atoms with Gasteiger partial charge < -0.3 is 10.4 Å². The maximum atomic E-state index is 13.5. The molecule has 4 heteroatoms. The van der Waals surface area contributed by atoms with E-state index in [1.165, 1.54) is 6.07 Å². The van der Waals surface area contributed by atoms with Crippen molar-refractivity contribution in [1.82, 2.24) is 0 Å². The Balaban J connectivity index is 1.96. The van der Waals surface area contributed by atoms with Crippen LogP contribution in [0.1, 0.15) is 24.5 Å². The first-order valence-electron chi connectivity index (χ1n) is 6.83. The maximum Gasteiger partial charge on any atom is 0.143 e. The monoisotopic (exact) mass is 284 g/mol. The van der Waals surface area contributed by atoms with E-state index in [-0.39, 0.29) is 17.4 Å². The summed E-state index contributed by atoms with van der Waals surface area (Å²) in [5.74, 6) is -0.253. The van der Waals surface area contributed by atoms with E-state index in [0.717, 1.165) is 18.4 Å². The standard InChI is InChI=1S/C17H17FN2O/c1-12(5-6-13-7-9-14(21)10-8-13)20-17-4-2-3-16(18)15(17)11-19/h2-4,7-10,12,20-21H,5-6H2,1H3. The molecule has 0 radical (unpaired) electrons. The van der Waals surface area contributed by atoms with E-state index in [9.17, 15) is 9.50 Å². The normalized spacial score (nSPS) is 11.7. The average Bonchev–Trinajstić information content (AvgIpc) is 2.47. The number of nitriles is 1. The predicted molar refractivity (Wildman–Crippen MR) is 80.6 cm³/mol. The van der Waals surface area contributed by atoms with Crippen molar-refractivity contribution in [3.63, 3.8) is 0 Å². The van der Waals surface area contributed by atoms with Crippen molar-refractivity contribution in [2.45, 2.75) is 25.8 Å². The van der Waals surface area contributed by atoms with Crippen LogP contribution in [-0.2, 0) is 6.42 Å². The highest BCUT2D eigenvalue weighted by molar-refractivity contribution is 5.58. The molecule has 0 aromatic heterocycles. The van der Waals surface area contributed by atoms with Gasteiger partial charge in [0.25, 0.3) is 0 Å². The first-order chi connectivity index (χ1) is 10.1. The Bertz CT molecular complexity index is 647. The lowest BCUT2D eigenvalue weighted by Crippen LogP contribution is -2.17. The summed E-state index contributed by atoms with van der Waals surface area (Å²) < 4.78 is 13.5.